The topological polar surface area (TPSA) is 90.5 Å². The quantitative estimate of drug-likeness (QED) is 0.695. The molecule has 2 aromatic heterocycles. The predicted molar refractivity (Wildman–Crippen MR) is 61.0 cm³/mol. The Morgan fingerprint density at radius 2 is 2.39 bits per heavy atom. The highest BCUT2D eigenvalue weighted by Gasteiger charge is 2.22. The van der Waals surface area contributed by atoms with Gasteiger partial charge in [-0.1, -0.05) is 5.21 Å². The van der Waals surface area contributed by atoms with Gasteiger partial charge in [0.25, 0.3) is 0 Å². The number of hydrogen-bond acceptors (Lipinski definition) is 6. The van der Waals surface area contributed by atoms with Crippen LogP contribution in [-0.4, -0.2) is 48.6 Å². The van der Waals surface area contributed by atoms with E-state index in [1.807, 2.05) is 0 Å². The first-order valence-electron chi connectivity index (χ1n) is 5.72. The second kappa shape index (κ2) is 4.30. The monoisotopic (exact) mass is 247 g/mol. The molecule has 3 rings (SSSR count). The second-order valence-electron chi connectivity index (χ2n) is 4.30. The van der Waals surface area contributed by atoms with Gasteiger partial charge >= 0.3 is 0 Å². The zero-order valence-corrected chi connectivity index (χ0v) is 9.94. The Kier molecular flexibility index (Phi) is 2.63. The lowest BCUT2D eigenvalue weighted by Gasteiger charge is -2.26. The van der Waals surface area contributed by atoms with E-state index in [-0.39, 0.29) is 12.2 Å². The van der Waals surface area contributed by atoms with Gasteiger partial charge in [0.05, 0.1) is 18.7 Å². The molecule has 3 heterocycles. The largest absolute Gasteiger partial charge is 0.312 e. The van der Waals surface area contributed by atoms with Crippen LogP contribution in [0.15, 0.2) is 12.5 Å². The molecule has 0 aromatic carbocycles. The highest BCUT2D eigenvalue weighted by Crippen LogP contribution is 2.10. The summed E-state index contributed by atoms with van der Waals surface area (Å²) < 4.78 is 3.32. The zero-order valence-electron chi connectivity index (χ0n) is 9.94. The van der Waals surface area contributed by atoms with Crippen molar-refractivity contribution in [3.63, 3.8) is 0 Å². The van der Waals surface area contributed by atoms with Crippen molar-refractivity contribution in [2.45, 2.75) is 12.5 Å². The molecule has 1 fully saturated rings. The first kappa shape index (κ1) is 11.0. The molecule has 1 saturated heterocycles. The van der Waals surface area contributed by atoms with Crippen molar-refractivity contribution in [1.29, 1.82) is 0 Å². The van der Waals surface area contributed by atoms with Gasteiger partial charge < -0.3 is 5.32 Å². The van der Waals surface area contributed by atoms with Crippen molar-refractivity contribution < 1.29 is 4.79 Å². The van der Waals surface area contributed by atoms with Crippen LogP contribution < -0.4 is 5.32 Å². The molecule has 0 amide bonds. The standard InChI is InChI=1S/C10H13N7O/c1-16-10(12-6-13-16)2-9(18)8-5-17(15-14-8)7-3-11-4-7/h5-7,11H,2-4H2,1H3. The smallest absolute Gasteiger partial charge is 0.192 e. The molecule has 1 N–H and O–H groups in total. The highest BCUT2D eigenvalue weighted by atomic mass is 16.1. The Balaban J connectivity index is 1.72. The summed E-state index contributed by atoms with van der Waals surface area (Å²) in [5.74, 6) is 0.532. The van der Waals surface area contributed by atoms with Crippen LogP contribution in [0, 0.1) is 0 Å². The maximum atomic E-state index is 12.0. The minimum Gasteiger partial charge on any atom is -0.312 e. The molecule has 0 bridgehead atoms. The van der Waals surface area contributed by atoms with Gasteiger partial charge in [-0.15, -0.1) is 5.10 Å². The molecule has 0 atom stereocenters. The summed E-state index contributed by atoms with van der Waals surface area (Å²) in [5.41, 5.74) is 0.380. The number of carbonyl (C=O) groups excluding carboxylic acids is 1. The lowest BCUT2D eigenvalue weighted by Crippen LogP contribution is -2.43. The lowest BCUT2D eigenvalue weighted by atomic mass is 10.2. The first-order valence-corrected chi connectivity index (χ1v) is 5.72. The molecule has 0 unspecified atom stereocenters. The van der Waals surface area contributed by atoms with Gasteiger partial charge in [-0.05, 0) is 0 Å². The van der Waals surface area contributed by atoms with Crippen molar-refractivity contribution >= 4 is 5.78 Å². The van der Waals surface area contributed by atoms with Gasteiger partial charge in [0.1, 0.15) is 17.8 Å². The number of carbonyl (C=O) groups is 1. The van der Waals surface area contributed by atoms with Gasteiger partial charge in [-0.25, -0.2) is 9.67 Å². The lowest BCUT2D eigenvalue weighted by molar-refractivity contribution is 0.0984. The Hall–Kier alpha value is -2.09. The summed E-state index contributed by atoms with van der Waals surface area (Å²) in [7, 11) is 1.76. The third kappa shape index (κ3) is 1.90. The fourth-order valence-electron chi connectivity index (χ4n) is 1.76. The van der Waals surface area contributed by atoms with Crippen molar-refractivity contribution in [2.75, 3.05) is 13.1 Å². The number of Topliss-reactive ketones (excluding diaryl/α,β-unsaturated/α-hetero) is 1. The zero-order chi connectivity index (χ0) is 12.5. The average molecular weight is 247 g/mol. The van der Waals surface area contributed by atoms with Gasteiger partial charge in [-0.3, -0.25) is 9.48 Å². The van der Waals surface area contributed by atoms with Crippen molar-refractivity contribution in [2.24, 2.45) is 7.05 Å². The third-order valence-corrected chi connectivity index (χ3v) is 3.05. The van der Waals surface area contributed by atoms with E-state index in [1.54, 1.807) is 22.6 Å². The van der Waals surface area contributed by atoms with Gasteiger partial charge in [0.15, 0.2) is 5.78 Å². The van der Waals surface area contributed by atoms with E-state index in [9.17, 15) is 4.79 Å². The fourth-order valence-corrected chi connectivity index (χ4v) is 1.76. The summed E-state index contributed by atoms with van der Waals surface area (Å²) in [5, 5.41) is 15.0. The number of ketones is 1. The van der Waals surface area contributed by atoms with Gasteiger partial charge in [0, 0.05) is 20.1 Å². The number of nitrogens with one attached hydrogen (secondary N) is 1. The minimum atomic E-state index is -0.0929. The molecule has 8 nitrogen and oxygen atoms in total. The van der Waals surface area contributed by atoms with Crippen LogP contribution in [0.2, 0.25) is 0 Å². The average Bonchev–Trinajstić information content (AvgIpc) is 2.87. The molecule has 2 aromatic rings. The van der Waals surface area contributed by atoms with E-state index in [0.717, 1.165) is 13.1 Å². The Morgan fingerprint density at radius 1 is 1.56 bits per heavy atom. The predicted octanol–water partition coefficient (Wildman–Crippen LogP) is -1.02. The number of nitrogens with zero attached hydrogens (tertiary/aromatic N) is 6. The molecule has 8 heteroatoms. The van der Waals surface area contributed by atoms with Gasteiger partial charge in [0.2, 0.25) is 0 Å². The molecule has 0 radical (unpaired) electrons. The number of rotatable bonds is 4. The third-order valence-electron chi connectivity index (χ3n) is 3.05. The fraction of sp³-hybridized carbons (Fsp3) is 0.500. The molecular formula is C10H13N7O. The number of hydrogen-bond donors (Lipinski definition) is 1. The first-order chi connectivity index (χ1) is 8.74. The molecule has 94 valence electrons. The molecule has 1 aliphatic rings. The maximum absolute atomic E-state index is 12.0. The maximum Gasteiger partial charge on any atom is 0.192 e. The van der Waals surface area contributed by atoms with E-state index >= 15 is 0 Å². The van der Waals surface area contributed by atoms with E-state index in [1.165, 1.54) is 6.33 Å². The summed E-state index contributed by atoms with van der Waals surface area (Å²) in [4.78, 5) is 16.0. The summed E-state index contributed by atoms with van der Waals surface area (Å²) >= 11 is 0. The van der Waals surface area contributed by atoms with Gasteiger partial charge in [-0.2, -0.15) is 5.10 Å². The van der Waals surface area contributed by atoms with Crippen LogP contribution in [0.4, 0.5) is 0 Å². The summed E-state index contributed by atoms with van der Waals surface area (Å²) in [6, 6.07) is 0.314. The van der Waals surface area contributed by atoms with Crippen LogP contribution in [0.3, 0.4) is 0 Å². The van der Waals surface area contributed by atoms with E-state index in [4.69, 9.17) is 0 Å². The van der Waals surface area contributed by atoms with Crippen LogP contribution in [0.25, 0.3) is 0 Å². The second-order valence-corrected chi connectivity index (χ2v) is 4.30. The normalized spacial score (nSPS) is 15.6. The molecule has 1 aliphatic heterocycles. The van der Waals surface area contributed by atoms with Crippen molar-refractivity contribution in [1.82, 2.24) is 35.1 Å². The molecule has 0 saturated carbocycles. The SMILES string of the molecule is Cn1ncnc1CC(=O)c1cn(C2CNC2)nn1. The molecular weight excluding hydrogens is 234 g/mol. The van der Waals surface area contributed by atoms with E-state index in [0.29, 0.717) is 17.6 Å². The minimum absolute atomic E-state index is 0.0929. The Labute approximate surface area is 103 Å². The highest BCUT2D eigenvalue weighted by molar-refractivity contribution is 5.94. The summed E-state index contributed by atoms with van der Waals surface area (Å²) in [6.45, 7) is 1.75. The Morgan fingerprint density at radius 3 is 3.00 bits per heavy atom. The van der Waals surface area contributed by atoms with Crippen LogP contribution in [0.5, 0.6) is 0 Å². The molecule has 0 spiro atoms. The van der Waals surface area contributed by atoms with E-state index < -0.39 is 0 Å². The van der Waals surface area contributed by atoms with Crippen LogP contribution in [0.1, 0.15) is 22.4 Å². The molecule has 0 aliphatic carbocycles. The number of aryl methyl sites for hydroxylation is 1. The van der Waals surface area contributed by atoms with Crippen molar-refractivity contribution in [3.05, 3.63) is 24.0 Å². The van der Waals surface area contributed by atoms with Crippen LogP contribution >= 0.6 is 0 Å². The van der Waals surface area contributed by atoms with E-state index in [2.05, 4.69) is 25.7 Å². The Bertz CT molecular complexity index is 568. The van der Waals surface area contributed by atoms with Crippen molar-refractivity contribution in [3.8, 4) is 0 Å². The van der Waals surface area contributed by atoms with Crippen LogP contribution in [-0.2, 0) is 13.5 Å². The number of aromatic nitrogens is 6. The summed E-state index contributed by atoms with van der Waals surface area (Å²) in [6.07, 6.45) is 3.32. The molecule has 18 heavy (non-hydrogen) atoms.